The van der Waals surface area contributed by atoms with Gasteiger partial charge >= 0.3 is 0 Å². The Morgan fingerprint density at radius 1 is 0.968 bits per heavy atom. The Balaban J connectivity index is 2.01. The molecular weight excluding hydrogens is 434 g/mol. The van der Waals surface area contributed by atoms with Crippen LogP contribution in [0.2, 0.25) is 5.02 Å². The van der Waals surface area contributed by atoms with Crippen molar-refractivity contribution in [2.24, 2.45) is 0 Å². The normalized spacial score (nSPS) is 11.5. The molecule has 0 unspecified atom stereocenters. The SMILES string of the molecule is CCOc1ccc(N(C(=O)/C=C/c2ccc(Cl)cc2)S(=O)(=O)c2ccc(C)cc2)cc1. The molecule has 3 rings (SSSR count). The molecule has 31 heavy (non-hydrogen) atoms. The lowest BCUT2D eigenvalue weighted by atomic mass is 10.2. The van der Waals surface area contributed by atoms with Crippen molar-refractivity contribution in [1.82, 2.24) is 0 Å². The summed E-state index contributed by atoms with van der Waals surface area (Å²) in [6.07, 6.45) is 2.77. The average Bonchev–Trinajstić information content (AvgIpc) is 2.75. The van der Waals surface area contributed by atoms with Gasteiger partial charge in [0.2, 0.25) is 0 Å². The van der Waals surface area contributed by atoms with E-state index in [4.69, 9.17) is 16.3 Å². The Morgan fingerprint density at radius 3 is 2.16 bits per heavy atom. The molecule has 0 radical (unpaired) electrons. The number of aryl methyl sites for hydroxylation is 1. The summed E-state index contributed by atoms with van der Waals surface area (Å²) in [6, 6.07) is 19.6. The number of anilines is 1. The van der Waals surface area contributed by atoms with Gasteiger partial charge in [0.05, 0.1) is 17.2 Å². The summed E-state index contributed by atoms with van der Waals surface area (Å²) in [4.78, 5) is 13.1. The number of hydrogen-bond donors (Lipinski definition) is 0. The van der Waals surface area contributed by atoms with Gasteiger partial charge < -0.3 is 4.74 Å². The summed E-state index contributed by atoms with van der Waals surface area (Å²) in [5, 5.41) is 0.571. The zero-order chi connectivity index (χ0) is 22.4. The van der Waals surface area contributed by atoms with Crippen LogP contribution in [0.4, 0.5) is 5.69 Å². The van der Waals surface area contributed by atoms with E-state index in [0.717, 1.165) is 15.4 Å². The van der Waals surface area contributed by atoms with Gasteiger partial charge in [-0.15, -0.1) is 0 Å². The molecule has 0 bridgehead atoms. The fourth-order valence-electron chi connectivity index (χ4n) is 2.85. The first kappa shape index (κ1) is 22.6. The number of rotatable bonds is 7. The molecule has 0 saturated heterocycles. The number of carbonyl (C=O) groups is 1. The molecule has 0 aliphatic rings. The third-order valence-corrected chi connectivity index (χ3v) is 6.42. The van der Waals surface area contributed by atoms with Crippen LogP contribution in [0.25, 0.3) is 6.08 Å². The first-order valence-electron chi connectivity index (χ1n) is 9.64. The lowest BCUT2D eigenvalue weighted by Crippen LogP contribution is -2.35. The molecule has 1 amide bonds. The lowest BCUT2D eigenvalue weighted by molar-refractivity contribution is -0.113. The van der Waals surface area contributed by atoms with Gasteiger partial charge in [-0.05, 0) is 74.0 Å². The smallest absolute Gasteiger partial charge is 0.271 e. The second-order valence-electron chi connectivity index (χ2n) is 6.73. The minimum absolute atomic E-state index is 0.0280. The third-order valence-electron chi connectivity index (χ3n) is 4.43. The monoisotopic (exact) mass is 455 g/mol. The molecule has 0 aliphatic carbocycles. The van der Waals surface area contributed by atoms with Gasteiger partial charge in [0, 0.05) is 11.1 Å². The molecule has 160 valence electrons. The van der Waals surface area contributed by atoms with Gasteiger partial charge in [0.15, 0.2) is 0 Å². The minimum Gasteiger partial charge on any atom is -0.494 e. The van der Waals surface area contributed by atoms with E-state index in [9.17, 15) is 13.2 Å². The molecule has 0 aliphatic heterocycles. The fraction of sp³-hybridized carbons (Fsp3) is 0.125. The first-order valence-corrected chi connectivity index (χ1v) is 11.5. The van der Waals surface area contributed by atoms with Crippen molar-refractivity contribution in [2.45, 2.75) is 18.7 Å². The maximum absolute atomic E-state index is 13.4. The van der Waals surface area contributed by atoms with Crippen LogP contribution in [0.1, 0.15) is 18.1 Å². The van der Waals surface area contributed by atoms with E-state index in [0.29, 0.717) is 17.4 Å². The highest BCUT2D eigenvalue weighted by molar-refractivity contribution is 7.93. The number of benzene rings is 3. The van der Waals surface area contributed by atoms with Gasteiger partial charge in [-0.3, -0.25) is 4.79 Å². The summed E-state index contributed by atoms with van der Waals surface area (Å²) < 4.78 is 33.0. The molecular formula is C24H22ClNO4S. The predicted molar refractivity (Wildman–Crippen MR) is 124 cm³/mol. The lowest BCUT2D eigenvalue weighted by Gasteiger charge is -2.22. The standard InChI is InChI=1S/C24H22ClNO4S/c1-3-30-22-13-11-21(12-14-22)26(31(28,29)23-15-4-18(2)5-16-23)24(27)17-8-19-6-9-20(25)10-7-19/h4-17H,3H2,1-2H3/b17-8+. The second kappa shape index (κ2) is 9.81. The highest BCUT2D eigenvalue weighted by atomic mass is 35.5. The van der Waals surface area contributed by atoms with Crippen LogP contribution in [0.3, 0.4) is 0 Å². The number of ether oxygens (including phenoxy) is 1. The van der Waals surface area contributed by atoms with Crippen LogP contribution in [-0.4, -0.2) is 20.9 Å². The van der Waals surface area contributed by atoms with Crippen LogP contribution in [0.15, 0.2) is 83.8 Å². The number of carbonyl (C=O) groups excluding carboxylic acids is 1. The van der Waals surface area contributed by atoms with E-state index in [-0.39, 0.29) is 10.6 Å². The predicted octanol–water partition coefficient (Wildman–Crippen LogP) is 5.48. The van der Waals surface area contributed by atoms with Crippen molar-refractivity contribution in [2.75, 3.05) is 10.9 Å². The van der Waals surface area contributed by atoms with Crippen molar-refractivity contribution in [3.8, 4) is 5.75 Å². The van der Waals surface area contributed by atoms with E-state index in [1.54, 1.807) is 66.7 Å². The maximum atomic E-state index is 13.4. The molecule has 7 heteroatoms. The van der Waals surface area contributed by atoms with Crippen molar-refractivity contribution in [3.63, 3.8) is 0 Å². The molecule has 0 spiro atoms. The van der Waals surface area contributed by atoms with Crippen LogP contribution >= 0.6 is 11.6 Å². The molecule has 0 aromatic heterocycles. The zero-order valence-electron chi connectivity index (χ0n) is 17.2. The molecule has 0 saturated carbocycles. The van der Waals surface area contributed by atoms with E-state index in [2.05, 4.69) is 0 Å². The van der Waals surface area contributed by atoms with Crippen LogP contribution in [0.5, 0.6) is 5.75 Å². The maximum Gasteiger partial charge on any atom is 0.271 e. The van der Waals surface area contributed by atoms with Gasteiger partial charge in [-0.1, -0.05) is 41.4 Å². The topological polar surface area (TPSA) is 63.7 Å². The Morgan fingerprint density at radius 2 is 1.58 bits per heavy atom. The quantitative estimate of drug-likeness (QED) is 0.442. The van der Waals surface area contributed by atoms with Gasteiger partial charge in [-0.2, -0.15) is 4.31 Å². The number of hydrogen-bond acceptors (Lipinski definition) is 4. The Bertz CT molecular complexity index is 1170. The van der Waals surface area contributed by atoms with Crippen molar-refractivity contribution in [1.29, 1.82) is 0 Å². The number of amides is 1. The van der Waals surface area contributed by atoms with E-state index < -0.39 is 15.9 Å². The fourth-order valence-corrected chi connectivity index (χ4v) is 4.37. The van der Waals surface area contributed by atoms with E-state index >= 15 is 0 Å². The number of nitrogens with zero attached hydrogens (tertiary/aromatic N) is 1. The largest absolute Gasteiger partial charge is 0.494 e. The van der Waals surface area contributed by atoms with Gasteiger partial charge in [0.1, 0.15) is 5.75 Å². The molecule has 3 aromatic rings. The Hall–Kier alpha value is -3.09. The molecule has 5 nitrogen and oxygen atoms in total. The average molecular weight is 456 g/mol. The molecule has 0 atom stereocenters. The zero-order valence-corrected chi connectivity index (χ0v) is 18.7. The van der Waals surface area contributed by atoms with E-state index in [1.807, 2.05) is 13.8 Å². The molecule has 3 aromatic carbocycles. The number of halogens is 1. The Labute approximate surface area is 187 Å². The minimum atomic E-state index is -4.14. The number of sulfonamides is 1. The molecule has 0 fully saturated rings. The summed E-state index contributed by atoms with van der Waals surface area (Å²) in [5.41, 5.74) is 1.85. The van der Waals surface area contributed by atoms with Crippen molar-refractivity contribution in [3.05, 3.63) is 95.0 Å². The van der Waals surface area contributed by atoms with Crippen LogP contribution in [-0.2, 0) is 14.8 Å². The summed E-state index contributed by atoms with van der Waals surface area (Å²) in [7, 11) is -4.14. The molecule has 0 N–H and O–H groups in total. The van der Waals surface area contributed by atoms with Crippen LogP contribution < -0.4 is 9.04 Å². The van der Waals surface area contributed by atoms with Gasteiger partial charge in [-0.25, -0.2) is 8.42 Å². The van der Waals surface area contributed by atoms with Crippen molar-refractivity contribution >= 4 is 39.3 Å². The second-order valence-corrected chi connectivity index (χ2v) is 8.96. The molecule has 0 heterocycles. The van der Waals surface area contributed by atoms with E-state index in [1.165, 1.54) is 18.2 Å². The third kappa shape index (κ3) is 5.54. The summed E-state index contributed by atoms with van der Waals surface area (Å²) in [5.74, 6) is -0.109. The Kier molecular flexibility index (Phi) is 7.15. The first-order chi connectivity index (χ1) is 14.8. The van der Waals surface area contributed by atoms with Gasteiger partial charge in [0.25, 0.3) is 15.9 Å². The van der Waals surface area contributed by atoms with Crippen LogP contribution in [0, 0.1) is 6.92 Å². The van der Waals surface area contributed by atoms with Crippen molar-refractivity contribution < 1.29 is 17.9 Å². The highest BCUT2D eigenvalue weighted by Gasteiger charge is 2.29. The summed E-state index contributed by atoms with van der Waals surface area (Å²) >= 11 is 5.89. The summed E-state index contributed by atoms with van der Waals surface area (Å²) in [6.45, 7) is 4.20. The highest BCUT2D eigenvalue weighted by Crippen LogP contribution is 2.27.